The maximum Gasteiger partial charge on any atom is 0.243 e. The van der Waals surface area contributed by atoms with Crippen molar-refractivity contribution in [3.8, 4) is 0 Å². The predicted molar refractivity (Wildman–Crippen MR) is 115 cm³/mol. The lowest BCUT2D eigenvalue weighted by atomic mass is 10.0. The highest BCUT2D eigenvalue weighted by Crippen LogP contribution is 2.37. The number of rotatable bonds is 6. The molecule has 2 amide bonds. The standard InChI is InChI=1S/C20H29N3O4S2/c1-4-15(3)21-19(24)12-23-17-11-16(5-6-18(17)28-13-20(23)25)29(26,27)22-9-7-14(2)8-10-22/h5-6,11,14-15H,4,7-10,12-13H2,1-3H3,(H,21,24)/t15-/m0/s1. The molecule has 1 atom stereocenters. The number of thioether (sulfide) groups is 1. The van der Waals surface area contributed by atoms with Gasteiger partial charge in [0.25, 0.3) is 0 Å². The quantitative estimate of drug-likeness (QED) is 0.736. The SMILES string of the molecule is CC[C@H](C)NC(=O)CN1C(=O)CSc2ccc(S(=O)(=O)N3CCC(C)CC3)cc21. The minimum atomic E-state index is -3.63. The molecule has 0 saturated carbocycles. The van der Waals surface area contributed by atoms with E-state index in [4.69, 9.17) is 0 Å². The van der Waals surface area contributed by atoms with Gasteiger partial charge in [0.05, 0.1) is 16.3 Å². The molecule has 2 aliphatic heterocycles. The molecule has 0 spiro atoms. The van der Waals surface area contributed by atoms with E-state index in [1.165, 1.54) is 21.0 Å². The van der Waals surface area contributed by atoms with Gasteiger partial charge in [-0.3, -0.25) is 9.59 Å². The average Bonchev–Trinajstić information content (AvgIpc) is 2.70. The van der Waals surface area contributed by atoms with E-state index in [2.05, 4.69) is 12.2 Å². The Bertz CT molecular complexity index is 880. The number of amides is 2. The number of hydrogen-bond donors (Lipinski definition) is 1. The summed E-state index contributed by atoms with van der Waals surface area (Å²) in [5.41, 5.74) is 0.497. The van der Waals surface area contributed by atoms with Crippen molar-refractivity contribution in [2.75, 3.05) is 30.3 Å². The maximum atomic E-state index is 13.1. The molecule has 1 saturated heterocycles. The number of sulfonamides is 1. The summed E-state index contributed by atoms with van der Waals surface area (Å²) < 4.78 is 27.7. The van der Waals surface area contributed by atoms with Crippen molar-refractivity contribution < 1.29 is 18.0 Å². The summed E-state index contributed by atoms with van der Waals surface area (Å²) in [5.74, 6) is 0.324. The zero-order valence-corrected chi connectivity index (χ0v) is 18.8. The molecule has 0 aliphatic carbocycles. The van der Waals surface area contributed by atoms with Crippen LogP contribution in [0.2, 0.25) is 0 Å². The maximum absolute atomic E-state index is 13.1. The third-order valence-electron chi connectivity index (χ3n) is 5.58. The van der Waals surface area contributed by atoms with Gasteiger partial charge < -0.3 is 10.2 Å². The number of benzene rings is 1. The second kappa shape index (κ2) is 9.06. The van der Waals surface area contributed by atoms with Crippen molar-refractivity contribution in [1.29, 1.82) is 0 Å². The fourth-order valence-electron chi connectivity index (χ4n) is 3.46. The molecule has 3 rings (SSSR count). The van der Waals surface area contributed by atoms with Crippen LogP contribution in [-0.2, 0) is 19.6 Å². The Morgan fingerprint density at radius 3 is 2.66 bits per heavy atom. The molecule has 0 aromatic heterocycles. The largest absolute Gasteiger partial charge is 0.352 e. The zero-order valence-electron chi connectivity index (χ0n) is 17.2. The Kier molecular flexibility index (Phi) is 6.90. The smallest absolute Gasteiger partial charge is 0.243 e. The first-order chi connectivity index (χ1) is 13.7. The van der Waals surface area contributed by atoms with Gasteiger partial charge in [0, 0.05) is 24.0 Å². The minimum absolute atomic E-state index is 0.0180. The van der Waals surface area contributed by atoms with Gasteiger partial charge in [0.2, 0.25) is 21.8 Å². The van der Waals surface area contributed by atoms with E-state index in [1.54, 1.807) is 18.2 Å². The molecule has 2 heterocycles. The van der Waals surface area contributed by atoms with Crippen LogP contribution in [0.1, 0.15) is 40.0 Å². The number of carbonyl (C=O) groups is 2. The van der Waals surface area contributed by atoms with Crippen molar-refractivity contribution in [3.05, 3.63) is 18.2 Å². The average molecular weight is 440 g/mol. The highest BCUT2D eigenvalue weighted by molar-refractivity contribution is 8.00. The lowest BCUT2D eigenvalue weighted by Crippen LogP contribution is -2.45. The third kappa shape index (κ3) is 4.95. The van der Waals surface area contributed by atoms with Gasteiger partial charge in [-0.25, -0.2) is 8.42 Å². The minimum Gasteiger partial charge on any atom is -0.352 e. The second-order valence-electron chi connectivity index (χ2n) is 7.86. The summed E-state index contributed by atoms with van der Waals surface area (Å²) in [7, 11) is -3.63. The van der Waals surface area contributed by atoms with Crippen molar-refractivity contribution in [1.82, 2.24) is 9.62 Å². The van der Waals surface area contributed by atoms with E-state index in [-0.39, 0.29) is 35.0 Å². The van der Waals surface area contributed by atoms with E-state index in [9.17, 15) is 18.0 Å². The van der Waals surface area contributed by atoms with Crippen molar-refractivity contribution in [2.24, 2.45) is 5.92 Å². The second-order valence-corrected chi connectivity index (χ2v) is 10.8. The molecule has 1 aromatic carbocycles. The van der Waals surface area contributed by atoms with Crippen LogP contribution in [0.25, 0.3) is 0 Å². The first-order valence-electron chi connectivity index (χ1n) is 10.1. The Labute approximate surface area is 177 Å². The molecule has 0 radical (unpaired) electrons. The number of piperidine rings is 1. The fraction of sp³-hybridized carbons (Fsp3) is 0.600. The highest BCUT2D eigenvalue weighted by Gasteiger charge is 2.32. The molecule has 0 bridgehead atoms. The number of nitrogens with zero attached hydrogens (tertiary/aromatic N) is 2. The van der Waals surface area contributed by atoms with E-state index < -0.39 is 10.0 Å². The number of anilines is 1. The van der Waals surface area contributed by atoms with E-state index in [0.29, 0.717) is 24.7 Å². The molecule has 1 N–H and O–H groups in total. The van der Waals surface area contributed by atoms with Crippen LogP contribution in [0.3, 0.4) is 0 Å². The van der Waals surface area contributed by atoms with E-state index in [0.717, 1.165) is 24.2 Å². The van der Waals surface area contributed by atoms with Gasteiger partial charge in [0.1, 0.15) is 6.54 Å². The highest BCUT2D eigenvalue weighted by atomic mass is 32.2. The van der Waals surface area contributed by atoms with Crippen LogP contribution in [0.15, 0.2) is 28.0 Å². The Hall–Kier alpha value is -1.58. The van der Waals surface area contributed by atoms with Gasteiger partial charge >= 0.3 is 0 Å². The molecular weight excluding hydrogens is 410 g/mol. The molecule has 29 heavy (non-hydrogen) atoms. The van der Waals surface area contributed by atoms with Crippen LogP contribution in [0.5, 0.6) is 0 Å². The normalized spacial score (nSPS) is 19.7. The third-order valence-corrected chi connectivity index (χ3v) is 8.52. The topological polar surface area (TPSA) is 86.8 Å². The van der Waals surface area contributed by atoms with Gasteiger partial charge in [-0.2, -0.15) is 4.31 Å². The molecule has 1 fully saturated rings. The molecule has 9 heteroatoms. The first kappa shape index (κ1) is 22.1. The monoisotopic (exact) mass is 439 g/mol. The van der Waals surface area contributed by atoms with Crippen molar-refractivity contribution in [3.63, 3.8) is 0 Å². The van der Waals surface area contributed by atoms with Crippen LogP contribution < -0.4 is 10.2 Å². The summed E-state index contributed by atoms with van der Waals surface area (Å²) in [4.78, 5) is 27.3. The summed E-state index contributed by atoms with van der Waals surface area (Å²) in [5, 5.41) is 2.86. The van der Waals surface area contributed by atoms with E-state index >= 15 is 0 Å². The molecule has 2 aliphatic rings. The van der Waals surface area contributed by atoms with E-state index in [1.807, 2.05) is 13.8 Å². The zero-order chi connectivity index (χ0) is 21.2. The fourth-order valence-corrected chi connectivity index (χ4v) is 5.86. The van der Waals surface area contributed by atoms with Gasteiger partial charge in [-0.15, -0.1) is 11.8 Å². The van der Waals surface area contributed by atoms with Crippen LogP contribution >= 0.6 is 11.8 Å². The number of fused-ring (bicyclic) bond motifs is 1. The lowest BCUT2D eigenvalue weighted by Gasteiger charge is -2.31. The molecule has 160 valence electrons. The number of nitrogens with one attached hydrogen (secondary N) is 1. The van der Waals surface area contributed by atoms with Crippen molar-refractivity contribution >= 4 is 39.3 Å². The lowest BCUT2D eigenvalue weighted by molar-refractivity contribution is -0.123. The Morgan fingerprint density at radius 1 is 1.31 bits per heavy atom. The Morgan fingerprint density at radius 2 is 2.00 bits per heavy atom. The van der Waals surface area contributed by atoms with Crippen molar-refractivity contribution in [2.45, 2.75) is 55.9 Å². The van der Waals surface area contributed by atoms with Gasteiger partial charge in [0.15, 0.2) is 0 Å². The summed E-state index contributed by atoms with van der Waals surface area (Å²) >= 11 is 1.37. The van der Waals surface area contributed by atoms with Gasteiger partial charge in [-0.05, 0) is 50.3 Å². The molecule has 7 nitrogen and oxygen atoms in total. The first-order valence-corrected chi connectivity index (χ1v) is 12.5. The number of carbonyl (C=O) groups excluding carboxylic acids is 2. The summed E-state index contributed by atoms with van der Waals surface area (Å²) in [6.07, 6.45) is 2.49. The molecule has 0 unspecified atom stereocenters. The summed E-state index contributed by atoms with van der Waals surface area (Å²) in [6.45, 7) is 6.92. The molecular formula is C20H29N3O4S2. The van der Waals surface area contributed by atoms with Gasteiger partial charge in [-0.1, -0.05) is 13.8 Å². The summed E-state index contributed by atoms with van der Waals surface area (Å²) in [6, 6.07) is 4.91. The van der Waals surface area contributed by atoms with Crippen LogP contribution in [0.4, 0.5) is 5.69 Å². The molecule has 1 aromatic rings. The number of hydrogen-bond acceptors (Lipinski definition) is 5. The Balaban J connectivity index is 1.86. The van der Waals surface area contributed by atoms with Crippen LogP contribution in [0, 0.1) is 5.92 Å². The predicted octanol–water partition coefficient (Wildman–Crippen LogP) is 2.46. The van der Waals surface area contributed by atoms with Crippen LogP contribution in [-0.4, -0.2) is 56.0 Å².